The second-order valence-electron chi connectivity index (χ2n) is 6.12. The van der Waals surface area contributed by atoms with Gasteiger partial charge in [-0.05, 0) is 35.2 Å². The minimum absolute atomic E-state index is 0.363. The fraction of sp³-hybridized carbons (Fsp3) is 0.0952. The Morgan fingerprint density at radius 2 is 1.48 bits per heavy atom. The predicted molar refractivity (Wildman–Crippen MR) is 94.7 cm³/mol. The monoisotopic (exact) mass is 298 g/mol. The van der Waals surface area contributed by atoms with Crippen molar-refractivity contribution in [2.75, 3.05) is 0 Å². The zero-order valence-electron chi connectivity index (χ0n) is 13.0. The van der Waals surface area contributed by atoms with E-state index in [2.05, 4.69) is 66.8 Å². The van der Waals surface area contributed by atoms with Crippen molar-refractivity contribution >= 4 is 5.84 Å². The summed E-state index contributed by atoms with van der Waals surface area (Å²) in [6.45, 7) is 2.15. The quantitative estimate of drug-likeness (QED) is 0.715. The van der Waals surface area contributed by atoms with Gasteiger partial charge in [0, 0.05) is 5.56 Å². The number of nitrogens with one attached hydrogen (secondary N) is 2. The molecule has 0 spiro atoms. The first kappa shape index (κ1) is 13.8. The molecule has 4 rings (SSSR count). The number of rotatable bonds is 2. The summed E-state index contributed by atoms with van der Waals surface area (Å²) in [6, 6.07) is 27.1. The topological polar surface area (TPSA) is 35.9 Å². The van der Waals surface area contributed by atoms with Gasteiger partial charge in [0.15, 0.2) is 0 Å². The van der Waals surface area contributed by atoms with Crippen LogP contribution >= 0.6 is 0 Å². The lowest BCUT2D eigenvalue weighted by Crippen LogP contribution is -2.37. The molecule has 112 valence electrons. The minimum Gasteiger partial charge on any atom is -0.357 e. The predicted octanol–water partition coefficient (Wildman–Crippen LogP) is 4.55. The molecule has 0 bridgehead atoms. The summed E-state index contributed by atoms with van der Waals surface area (Å²) in [6.07, 6.45) is 0. The molecular formula is C21H18N2. The van der Waals surface area contributed by atoms with Crippen LogP contribution in [0.1, 0.15) is 23.6 Å². The SMILES string of the molecule is CC1(c2cccc(-c3ccccc3)c2)NC(=N)c2ccccc21. The Balaban J connectivity index is 1.85. The van der Waals surface area contributed by atoms with Crippen LogP contribution in [0, 0.1) is 5.41 Å². The van der Waals surface area contributed by atoms with Gasteiger partial charge in [-0.15, -0.1) is 0 Å². The van der Waals surface area contributed by atoms with Gasteiger partial charge in [-0.25, -0.2) is 0 Å². The normalized spacial score (nSPS) is 19.3. The Hall–Kier alpha value is -2.87. The number of amidine groups is 1. The maximum Gasteiger partial charge on any atom is 0.126 e. The number of hydrogen-bond acceptors (Lipinski definition) is 1. The van der Waals surface area contributed by atoms with E-state index in [4.69, 9.17) is 5.41 Å². The summed E-state index contributed by atoms with van der Waals surface area (Å²) in [7, 11) is 0. The summed E-state index contributed by atoms with van der Waals surface area (Å²) >= 11 is 0. The highest BCUT2D eigenvalue weighted by Gasteiger charge is 2.38. The average molecular weight is 298 g/mol. The van der Waals surface area contributed by atoms with Crippen molar-refractivity contribution in [1.29, 1.82) is 5.41 Å². The average Bonchev–Trinajstić information content (AvgIpc) is 2.88. The molecule has 1 aliphatic rings. The van der Waals surface area contributed by atoms with Crippen LogP contribution in [0.2, 0.25) is 0 Å². The molecule has 2 heteroatoms. The van der Waals surface area contributed by atoms with Gasteiger partial charge in [0.05, 0.1) is 5.54 Å². The summed E-state index contributed by atoms with van der Waals surface area (Å²) in [4.78, 5) is 0. The van der Waals surface area contributed by atoms with Crippen LogP contribution in [0.3, 0.4) is 0 Å². The van der Waals surface area contributed by atoms with Crippen molar-refractivity contribution in [2.45, 2.75) is 12.5 Å². The van der Waals surface area contributed by atoms with Crippen molar-refractivity contribution in [3.05, 3.63) is 95.6 Å². The van der Waals surface area contributed by atoms with Crippen molar-refractivity contribution in [3.8, 4) is 11.1 Å². The Labute approximate surface area is 136 Å². The molecule has 0 fully saturated rings. The molecule has 1 heterocycles. The minimum atomic E-state index is -0.363. The molecule has 23 heavy (non-hydrogen) atoms. The Kier molecular flexibility index (Phi) is 3.05. The molecule has 1 unspecified atom stereocenters. The van der Waals surface area contributed by atoms with Crippen LogP contribution in [0.15, 0.2) is 78.9 Å². The fourth-order valence-corrected chi connectivity index (χ4v) is 3.39. The van der Waals surface area contributed by atoms with Crippen molar-refractivity contribution < 1.29 is 0 Å². The fourth-order valence-electron chi connectivity index (χ4n) is 3.39. The van der Waals surface area contributed by atoms with E-state index in [0.29, 0.717) is 5.84 Å². The lowest BCUT2D eigenvalue weighted by Gasteiger charge is -2.27. The summed E-state index contributed by atoms with van der Waals surface area (Å²) in [5, 5.41) is 11.6. The third kappa shape index (κ3) is 2.15. The zero-order valence-corrected chi connectivity index (χ0v) is 13.0. The number of benzene rings is 3. The van der Waals surface area contributed by atoms with E-state index < -0.39 is 0 Å². The maximum atomic E-state index is 8.24. The van der Waals surface area contributed by atoms with Gasteiger partial charge in [0.1, 0.15) is 5.84 Å². The van der Waals surface area contributed by atoms with Gasteiger partial charge in [0.2, 0.25) is 0 Å². The van der Waals surface area contributed by atoms with Crippen LogP contribution in [-0.4, -0.2) is 5.84 Å². The molecule has 2 N–H and O–H groups in total. The second kappa shape index (κ2) is 5.10. The van der Waals surface area contributed by atoms with Crippen LogP contribution in [-0.2, 0) is 5.54 Å². The molecular weight excluding hydrogens is 280 g/mol. The molecule has 1 atom stereocenters. The highest BCUT2D eigenvalue weighted by molar-refractivity contribution is 6.02. The van der Waals surface area contributed by atoms with Crippen LogP contribution in [0.25, 0.3) is 11.1 Å². The van der Waals surface area contributed by atoms with Crippen molar-refractivity contribution in [1.82, 2.24) is 5.32 Å². The third-order valence-electron chi connectivity index (χ3n) is 4.66. The van der Waals surface area contributed by atoms with Crippen molar-refractivity contribution in [3.63, 3.8) is 0 Å². The van der Waals surface area contributed by atoms with Crippen LogP contribution in [0.4, 0.5) is 0 Å². The molecule has 3 aromatic rings. The van der Waals surface area contributed by atoms with Crippen LogP contribution < -0.4 is 5.32 Å². The first-order chi connectivity index (χ1) is 11.2. The molecule has 0 saturated heterocycles. The van der Waals surface area contributed by atoms with E-state index in [0.717, 1.165) is 11.1 Å². The van der Waals surface area contributed by atoms with E-state index in [1.165, 1.54) is 16.7 Å². The van der Waals surface area contributed by atoms with Crippen molar-refractivity contribution in [2.24, 2.45) is 0 Å². The largest absolute Gasteiger partial charge is 0.357 e. The van der Waals surface area contributed by atoms with Gasteiger partial charge >= 0.3 is 0 Å². The molecule has 0 saturated carbocycles. The smallest absolute Gasteiger partial charge is 0.126 e. The molecule has 0 radical (unpaired) electrons. The highest BCUT2D eigenvalue weighted by atomic mass is 15.1. The standard InChI is InChI=1S/C21H18N2/c1-21(19-13-6-5-12-18(19)20(22)23-21)17-11-7-10-16(14-17)15-8-3-2-4-9-15/h2-14H,1H3,(H2,22,23). The zero-order chi connectivity index (χ0) is 15.9. The van der Waals surface area contributed by atoms with Gasteiger partial charge in [-0.2, -0.15) is 0 Å². The first-order valence-corrected chi connectivity index (χ1v) is 7.81. The van der Waals surface area contributed by atoms with E-state index in [9.17, 15) is 0 Å². The number of hydrogen-bond donors (Lipinski definition) is 2. The molecule has 0 aromatic heterocycles. The van der Waals surface area contributed by atoms with Crippen LogP contribution in [0.5, 0.6) is 0 Å². The van der Waals surface area contributed by atoms with E-state index in [1.54, 1.807) is 0 Å². The molecule has 0 amide bonds. The highest BCUT2D eigenvalue weighted by Crippen LogP contribution is 2.37. The van der Waals surface area contributed by atoms with Gasteiger partial charge in [-0.3, -0.25) is 5.41 Å². The Bertz CT molecular complexity index is 883. The second-order valence-corrected chi connectivity index (χ2v) is 6.12. The molecule has 3 aromatic carbocycles. The Morgan fingerprint density at radius 1 is 0.783 bits per heavy atom. The van der Waals surface area contributed by atoms with Gasteiger partial charge in [0.25, 0.3) is 0 Å². The molecule has 2 nitrogen and oxygen atoms in total. The lowest BCUT2D eigenvalue weighted by molar-refractivity contribution is 0.550. The summed E-state index contributed by atoms with van der Waals surface area (Å²) in [5.41, 5.74) is 5.36. The van der Waals surface area contributed by atoms with E-state index in [1.807, 2.05) is 24.3 Å². The van der Waals surface area contributed by atoms with Gasteiger partial charge < -0.3 is 5.32 Å². The lowest BCUT2D eigenvalue weighted by atomic mass is 9.84. The summed E-state index contributed by atoms with van der Waals surface area (Å²) < 4.78 is 0. The summed E-state index contributed by atoms with van der Waals surface area (Å²) in [5.74, 6) is 0.494. The number of fused-ring (bicyclic) bond motifs is 1. The molecule has 0 aliphatic carbocycles. The van der Waals surface area contributed by atoms with Gasteiger partial charge in [-0.1, -0.05) is 72.8 Å². The third-order valence-corrected chi connectivity index (χ3v) is 4.66. The maximum absolute atomic E-state index is 8.24. The van der Waals surface area contributed by atoms with E-state index in [-0.39, 0.29) is 5.54 Å². The van der Waals surface area contributed by atoms with E-state index >= 15 is 0 Å². The Morgan fingerprint density at radius 3 is 2.30 bits per heavy atom. The first-order valence-electron chi connectivity index (χ1n) is 7.81. The molecule has 1 aliphatic heterocycles.